The molecule has 0 radical (unpaired) electrons. The fourth-order valence-electron chi connectivity index (χ4n) is 2.49. The van der Waals surface area contributed by atoms with Crippen molar-refractivity contribution in [1.29, 1.82) is 0 Å². The van der Waals surface area contributed by atoms with Crippen molar-refractivity contribution in [3.05, 3.63) is 35.9 Å². The molecule has 1 heterocycles. The summed E-state index contributed by atoms with van der Waals surface area (Å²) in [6.07, 6.45) is 0.938. The van der Waals surface area contributed by atoms with Gasteiger partial charge in [0.25, 0.3) is 0 Å². The van der Waals surface area contributed by atoms with Crippen LogP contribution < -0.4 is 0 Å². The molecule has 0 saturated carbocycles. The van der Waals surface area contributed by atoms with Gasteiger partial charge in [-0.25, -0.2) is 0 Å². The Labute approximate surface area is 126 Å². The summed E-state index contributed by atoms with van der Waals surface area (Å²) in [6.45, 7) is 6.45. The van der Waals surface area contributed by atoms with E-state index in [1.54, 1.807) is 6.92 Å². The standard InChI is InChI=1S/C17H24O4/c1-13(18)9-15(10-16-12-20-17(2,3)21-16)19-11-14-7-5-4-6-8-14/h4-8,15-16H,9-12H2,1-3H3/t15-,16-/m0/s1. The van der Waals surface area contributed by atoms with Crippen LogP contribution in [0.1, 0.15) is 39.2 Å². The van der Waals surface area contributed by atoms with Gasteiger partial charge in [-0.2, -0.15) is 0 Å². The first-order chi connectivity index (χ1) is 9.94. The lowest BCUT2D eigenvalue weighted by molar-refractivity contribution is -0.143. The number of carbonyl (C=O) groups excluding carboxylic acids is 1. The molecule has 1 aliphatic heterocycles. The van der Waals surface area contributed by atoms with Gasteiger partial charge in [0.05, 0.1) is 25.4 Å². The van der Waals surface area contributed by atoms with E-state index in [2.05, 4.69) is 0 Å². The molecule has 1 fully saturated rings. The van der Waals surface area contributed by atoms with Crippen LogP contribution in [-0.2, 0) is 25.6 Å². The van der Waals surface area contributed by atoms with E-state index >= 15 is 0 Å². The number of carbonyl (C=O) groups is 1. The van der Waals surface area contributed by atoms with Crippen LogP contribution >= 0.6 is 0 Å². The lowest BCUT2D eigenvalue weighted by Crippen LogP contribution is -2.26. The number of hydrogen-bond donors (Lipinski definition) is 0. The minimum atomic E-state index is -0.537. The third-order valence-corrected chi connectivity index (χ3v) is 3.44. The number of benzene rings is 1. The molecule has 0 bridgehead atoms. The van der Waals surface area contributed by atoms with Crippen molar-refractivity contribution >= 4 is 5.78 Å². The Kier molecular flexibility index (Phi) is 5.51. The van der Waals surface area contributed by atoms with Crippen LogP contribution in [0.4, 0.5) is 0 Å². The highest BCUT2D eigenvalue weighted by Gasteiger charge is 2.34. The van der Waals surface area contributed by atoms with Crippen molar-refractivity contribution in [1.82, 2.24) is 0 Å². The highest BCUT2D eigenvalue weighted by molar-refractivity contribution is 5.75. The molecule has 4 nitrogen and oxygen atoms in total. The first-order valence-electron chi connectivity index (χ1n) is 7.41. The second-order valence-electron chi connectivity index (χ2n) is 6.01. The average molecular weight is 292 g/mol. The molecule has 1 aromatic carbocycles. The van der Waals surface area contributed by atoms with Gasteiger partial charge in [-0.05, 0) is 26.3 Å². The van der Waals surface area contributed by atoms with E-state index in [1.165, 1.54) is 0 Å². The summed E-state index contributed by atoms with van der Waals surface area (Å²) in [7, 11) is 0. The second kappa shape index (κ2) is 7.16. The summed E-state index contributed by atoms with van der Waals surface area (Å²) in [5, 5.41) is 0. The molecule has 2 atom stereocenters. The van der Waals surface area contributed by atoms with Gasteiger partial charge in [0.1, 0.15) is 5.78 Å². The van der Waals surface area contributed by atoms with Crippen molar-refractivity contribution in [2.45, 2.75) is 58.2 Å². The quantitative estimate of drug-likeness (QED) is 0.774. The summed E-state index contributed by atoms with van der Waals surface area (Å²) < 4.78 is 17.3. The molecule has 116 valence electrons. The van der Waals surface area contributed by atoms with Gasteiger partial charge >= 0.3 is 0 Å². The lowest BCUT2D eigenvalue weighted by Gasteiger charge is -2.21. The van der Waals surface area contributed by atoms with Crippen molar-refractivity contribution in [3.8, 4) is 0 Å². The zero-order valence-corrected chi connectivity index (χ0v) is 13.0. The Bertz CT molecular complexity index is 455. The SMILES string of the molecule is CC(=O)C[C@@H](C[C@H]1COC(C)(C)O1)OCc1ccccc1. The molecule has 0 unspecified atom stereocenters. The number of rotatable bonds is 7. The van der Waals surface area contributed by atoms with Gasteiger partial charge in [0.2, 0.25) is 0 Å². The minimum absolute atomic E-state index is 0.0138. The predicted molar refractivity (Wildman–Crippen MR) is 79.8 cm³/mol. The number of ether oxygens (including phenoxy) is 3. The maximum absolute atomic E-state index is 11.4. The Balaban J connectivity index is 1.87. The fourth-order valence-corrected chi connectivity index (χ4v) is 2.49. The van der Waals surface area contributed by atoms with E-state index in [-0.39, 0.29) is 18.0 Å². The maximum Gasteiger partial charge on any atom is 0.163 e. The van der Waals surface area contributed by atoms with E-state index in [1.807, 2.05) is 44.2 Å². The van der Waals surface area contributed by atoms with Crippen LogP contribution in [0.2, 0.25) is 0 Å². The molecule has 0 aromatic heterocycles. The molecular weight excluding hydrogens is 268 g/mol. The third kappa shape index (κ3) is 5.58. The molecule has 2 rings (SSSR count). The van der Waals surface area contributed by atoms with Gasteiger partial charge in [-0.15, -0.1) is 0 Å². The Morgan fingerprint density at radius 3 is 2.67 bits per heavy atom. The molecule has 1 aromatic rings. The molecule has 4 heteroatoms. The zero-order chi connectivity index (χ0) is 15.3. The topological polar surface area (TPSA) is 44.8 Å². The summed E-state index contributed by atoms with van der Waals surface area (Å²) in [4.78, 5) is 11.4. The van der Waals surface area contributed by atoms with E-state index < -0.39 is 5.79 Å². The van der Waals surface area contributed by atoms with Crippen molar-refractivity contribution in [3.63, 3.8) is 0 Å². The first kappa shape index (κ1) is 16.1. The minimum Gasteiger partial charge on any atom is -0.373 e. The Morgan fingerprint density at radius 1 is 1.38 bits per heavy atom. The van der Waals surface area contributed by atoms with Crippen LogP contribution in [0.15, 0.2) is 30.3 Å². The molecule has 1 saturated heterocycles. The molecule has 1 aliphatic rings. The number of ketones is 1. The molecular formula is C17H24O4. The summed E-state index contributed by atoms with van der Waals surface area (Å²) in [5.74, 6) is -0.406. The van der Waals surface area contributed by atoms with Crippen LogP contribution in [0.25, 0.3) is 0 Å². The first-order valence-corrected chi connectivity index (χ1v) is 7.41. The zero-order valence-electron chi connectivity index (χ0n) is 13.0. The normalized spacial score (nSPS) is 22.1. The number of Topliss-reactive ketones (excluding diaryl/α,β-unsaturated/α-hetero) is 1. The molecule has 0 aliphatic carbocycles. The van der Waals surface area contributed by atoms with E-state index in [9.17, 15) is 4.79 Å². The van der Waals surface area contributed by atoms with E-state index in [0.29, 0.717) is 26.1 Å². The lowest BCUT2D eigenvalue weighted by atomic mass is 10.1. The summed E-state index contributed by atoms with van der Waals surface area (Å²) >= 11 is 0. The molecule has 21 heavy (non-hydrogen) atoms. The molecule has 0 amide bonds. The monoisotopic (exact) mass is 292 g/mol. The molecule has 0 spiro atoms. The van der Waals surface area contributed by atoms with Gasteiger partial charge in [-0.3, -0.25) is 4.79 Å². The highest BCUT2D eigenvalue weighted by atomic mass is 16.7. The average Bonchev–Trinajstić information content (AvgIpc) is 2.76. The summed E-state index contributed by atoms with van der Waals surface area (Å²) in [6, 6.07) is 9.97. The Morgan fingerprint density at radius 2 is 2.10 bits per heavy atom. The van der Waals surface area contributed by atoms with Crippen LogP contribution in [0.5, 0.6) is 0 Å². The van der Waals surface area contributed by atoms with Crippen LogP contribution in [0.3, 0.4) is 0 Å². The third-order valence-electron chi connectivity index (χ3n) is 3.44. The second-order valence-corrected chi connectivity index (χ2v) is 6.01. The van der Waals surface area contributed by atoms with Gasteiger partial charge in [0.15, 0.2) is 5.79 Å². The van der Waals surface area contributed by atoms with Crippen molar-refractivity contribution < 1.29 is 19.0 Å². The van der Waals surface area contributed by atoms with E-state index in [4.69, 9.17) is 14.2 Å². The molecule has 0 N–H and O–H groups in total. The number of hydrogen-bond acceptors (Lipinski definition) is 4. The van der Waals surface area contributed by atoms with Gasteiger partial charge in [-0.1, -0.05) is 30.3 Å². The smallest absolute Gasteiger partial charge is 0.163 e. The largest absolute Gasteiger partial charge is 0.373 e. The predicted octanol–water partition coefficient (Wildman–Crippen LogP) is 3.09. The Hall–Kier alpha value is -1.23. The van der Waals surface area contributed by atoms with Crippen molar-refractivity contribution in [2.24, 2.45) is 0 Å². The van der Waals surface area contributed by atoms with Gasteiger partial charge < -0.3 is 14.2 Å². The maximum atomic E-state index is 11.4. The highest BCUT2D eigenvalue weighted by Crippen LogP contribution is 2.26. The van der Waals surface area contributed by atoms with Crippen molar-refractivity contribution in [2.75, 3.05) is 6.61 Å². The summed E-state index contributed by atoms with van der Waals surface area (Å²) in [5.41, 5.74) is 1.11. The van der Waals surface area contributed by atoms with E-state index in [0.717, 1.165) is 5.56 Å². The van der Waals surface area contributed by atoms with Gasteiger partial charge in [0, 0.05) is 12.8 Å². The van der Waals surface area contributed by atoms with Crippen LogP contribution in [-0.4, -0.2) is 30.4 Å². The van der Waals surface area contributed by atoms with Crippen LogP contribution in [0, 0.1) is 0 Å². The fraction of sp³-hybridized carbons (Fsp3) is 0.588.